The number of rotatable bonds is 9. The van der Waals surface area contributed by atoms with Crippen LogP contribution in [0.5, 0.6) is 0 Å². The fourth-order valence-corrected chi connectivity index (χ4v) is 3.54. The molecular weight excluding hydrogens is 405 g/mol. The molecule has 2 aromatic rings. The van der Waals surface area contributed by atoms with E-state index in [1.165, 1.54) is 12.1 Å². The number of halogens is 1. The molecule has 0 saturated heterocycles. The van der Waals surface area contributed by atoms with E-state index in [9.17, 15) is 14.0 Å². The fraction of sp³-hybridized carbons (Fsp3) is 0.462. The molecule has 0 bridgehead atoms. The minimum Gasteiger partial charge on any atom is -0.377 e. The zero-order valence-corrected chi connectivity index (χ0v) is 20.3. The van der Waals surface area contributed by atoms with Gasteiger partial charge in [-0.15, -0.1) is 0 Å². The van der Waals surface area contributed by atoms with Crippen molar-refractivity contribution in [3.63, 3.8) is 0 Å². The lowest BCUT2D eigenvalue weighted by molar-refractivity contribution is -0.116. The molecule has 5 nitrogen and oxygen atoms in total. The predicted molar refractivity (Wildman–Crippen MR) is 129 cm³/mol. The van der Waals surface area contributed by atoms with Gasteiger partial charge in [0.2, 0.25) is 5.91 Å². The largest absolute Gasteiger partial charge is 0.377 e. The van der Waals surface area contributed by atoms with Crippen molar-refractivity contribution in [3.05, 3.63) is 59.4 Å². The van der Waals surface area contributed by atoms with E-state index >= 15 is 0 Å². The molecule has 0 fully saturated rings. The quantitative estimate of drug-likeness (QED) is 0.554. The molecule has 6 heteroatoms. The number of carbonyl (C=O) groups is 2. The maximum Gasteiger partial charge on any atom is 0.254 e. The van der Waals surface area contributed by atoms with E-state index in [1.54, 1.807) is 17.0 Å². The van der Waals surface area contributed by atoms with Crippen LogP contribution >= 0.6 is 0 Å². The van der Waals surface area contributed by atoms with Gasteiger partial charge in [-0.25, -0.2) is 4.39 Å². The minimum atomic E-state index is -0.433. The zero-order chi connectivity index (χ0) is 24.0. The Morgan fingerprint density at radius 1 is 1.00 bits per heavy atom. The number of anilines is 2. The van der Waals surface area contributed by atoms with Gasteiger partial charge in [0.1, 0.15) is 5.82 Å². The van der Waals surface area contributed by atoms with E-state index in [1.807, 2.05) is 58.0 Å². The minimum absolute atomic E-state index is 0.0354. The van der Waals surface area contributed by atoms with Gasteiger partial charge in [0.15, 0.2) is 0 Å². The Kier molecular flexibility index (Phi) is 8.81. The molecule has 32 heavy (non-hydrogen) atoms. The van der Waals surface area contributed by atoms with E-state index in [2.05, 4.69) is 19.2 Å². The molecule has 1 atom stereocenters. The van der Waals surface area contributed by atoms with Gasteiger partial charge in [0, 0.05) is 50.0 Å². The van der Waals surface area contributed by atoms with Gasteiger partial charge in [0.25, 0.3) is 5.91 Å². The molecule has 0 aliphatic carbocycles. The molecule has 2 aromatic carbocycles. The molecule has 0 radical (unpaired) electrons. The maximum atomic E-state index is 13.8. The molecule has 0 aliphatic rings. The lowest BCUT2D eigenvalue weighted by Crippen LogP contribution is -2.41. The molecule has 0 saturated carbocycles. The highest BCUT2D eigenvalue weighted by Gasteiger charge is 2.25. The molecule has 0 aromatic heterocycles. The summed E-state index contributed by atoms with van der Waals surface area (Å²) in [7, 11) is 3.89. The summed E-state index contributed by atoms with van der Waals surface area (Å²) in [6.07, 6.45) is 0.444. The van der Waals surface area contributed by atoms with E-state index in [4.69, 9.17) is 0 Å². The first-order chi connectivity index (χ1) is 15.0. The van der Waals surface area contributed by atoms with Crippen LogP contribution in [0.3, 0.4) is 0 Å². The smallest absolute Gasteiger partial charge is 0.254 e. The number of amides is 2. The Balaban J connectivity index is 2.42. The van der Waals surface area contributed by atoms with Crippen LogP contribution in [0.25, 0.3) is 0 Å². The lowest BCUT2D eigenvalue weighted by Gasteiger charge is -2.33. The fourth-order valence-electron chi connectivity index (χ4n) is 3.54. The number of carbonyl (C=O) groups excluding carboxylic acids is 2. The number of benzene rings is 2. The van der Waals surface area contributed by atoms with Gasteiger partial charge in [-0.2, -0.15) is 0 Å². The molecule has 0 heterocycles. The summed E-state index contributed by atoms with van der Waals surface area (Å²) in [6, 6.07) is 11.5. The number of hydrogen-bond acceptors (Lipinski definition) is 3. The predicted octanol–water partition coefficient (Wildman–Crippen LogP) is 5.56. The van der Waals surface area contributed by atoms with Crippen LogP contribution in [0.1, 0.15) is 57.0 Å². The van der Waals surface area contributed by atoms with Gasteiger partial charge in [-0.05, 0) is 60.7 Å². The van der Waals surface area contributed by atoms with Crippen molar-refractivity contribution in [1.82, 2.24) is 4.90 Å². The summed E-state index contributed by atoms with van der Waals surface area (Å²) in [5.74, 6) is -0.209. The van der Waals surface area contributed by atoms with Crippen LogP contribution in [-0.2, 0) is 11.3 Å². The topological polar surface area (TPSA) is 52.7 Å². The first kappa shape index (κ1) is 25.4. The highest BCUT2D eigenvalue weighted by molar-refractivity contribution is 5.94. The Hall–Kier alpha value is -2.89. The first-order valence-electron chi connectivity index (χ1n) is 11.2. The molecule has 174 valence electrons. The first-order valence-corrected chi connectivity index (χ1v) is 11.2. The van der Waals surface area contributed by atoms with Crippen molar-refractivity contribution >= 4 is 23.2 Å². The van der Waals surface area contributed by atoms with Crippen molar-refractivity contribution in [2.45, 2.75) is 53.6 Å². The van der Waals surface area contributed by atoms with Gasteiger partial charge in [0.05, 0.1) is 0 Å². The third-order valence-corrected chi connectivity index (χ3v) is 5.57. The van der Waals surface area contributed by atoms with Gasteiger partial charge < -0.3 is 15.1 Å². The number of nitrogens with zero attached hydrogens (tertiary/aromatic N) is 2. The SMILES string of the molecule is CC(C)CC(=O)Nc1ccc(N(C)C)c(CN(C(=O)c2cccc(F)c2)C(C)C(C)C)c1. The molecule has 0 spiro atoms. The molecule has 0 aliphatic heterocycles. The standard InChI is InChI=1S/C26H36FN3O2/c1-17(2)13-25(31)28-23-11-12-24(29(6)7)21(15-23)16-30(19(5)18(3)4)26(32)20-9-8-10-22(27)14-20/h8-12,14-15,17-19H,13,16H2,1-7H3,(H,28,31). The molecule has 2 rings (SSSR count). The van der Waals surface area contributed by atoms with E-state index in [-0.39, 0.29) is 29.7 Å². The van der Waals surface area contributed by atoms with Crippen molar-refractivity contribution in [2.75, 3.05) is 24.3 Å². The van der Waals surface area contributed by atoms with Crippen molar-refractivity contribution in [3.8, 4) is 0 Å². The molecular formula is C26H36FN3O2. The Labute approximate surface area is 191 Å². The third-order valence-electron chi connectivity index (χ3n) is 5.57. The highest BCUT2D eigenvalue weighted by Crippen LogP contribution is 2.27. The zero-order valence-electron chi connectivity index (χ0n) is 20.3. The van der Waals surface area contributed by atoms with E-state index in [0.29, 0.717) is 24.2 Å². The second kappa shape index (κ2) is 11.1. The molecule has 2 amide bonds. The number of nitrogens with one attached hydrogen (secondary N) is 1. The summed E-state index contributed by atoms with van der Waals surface area (Å²) >= 11 is 0. The Bertz CT molecular complexity index is 940. The van der Waals surface area contributed by atoms with Crippen molar-refractivity contribution in [1.29, 1.82) is 0 Å². The number of hydrogen-bond donors (Lipinski definition) is 1. The Morgan fingerprint density at radius 2 is 1.69 bits per heavy atom. The summed E-state index contributed by atoms with van der Waals surface area (Å²) in [5.41, 5.74) is 2.89. The van der Waals surface area contributed by atoms with Crippen LogP contribution in [-0.4, -0.2) is 36.9 Å². The molecule has 1 N–H and O–H groups in total. The highest BCUT2D eigenvalue weighted by atomic mass is 19.1. The van der Waals surface area contributed by atoms with E-state index in [0.717, 1.165) is 11.3 Å². The van der Waals surface area contributed by atoms with Crippen LogP contribution in [0, 0.1) is 17.7 Å². The van der Waals surface area contributed by atoms with Crippen LogP contribution < -0.4 is 10.2 Å². The normalized spacial score (nSPS) is 12.1. The summed E-state index contributed by atoms with van der Waals surface area (Å²) in [6.45, 7) is 10.5. The van der Waals surface area contributed by atoms with Crippen molar-refractivity contribution < 1.29 is 14.0 Å². The summed E-state index contributed by atoms with van der Waals surface area (Å²) in [5, 5.41) is 2.96. The average Bonchev–Trinajstić information content (AvgIpc) is 2.70. The van der Waals surface area contributed by atoms with Gasteiger partial charge >= 0.3 is 0 Å². The Morgan fingerprint density at radius 3 is 2.25 bits per heavy atom. The second-order valence-electron chi connectivity index (χ2n) is 9.31. The summed E-state index contributed by atoms with van der Waals surface area (Å²) in [4.78, 5) is 29.4. The van der Waals surface area contributed by atoms with Crippen LogP contribution in [0.2, 0.25) is 0 Å². The van der Waals surface area contributed by atoms with E-state index < -0.39 is 5.82 Å². The average molecular weight is 442 g/mol. The van der Waals surface area contributed by atoms with Gasteiger partial charge in [-0.1, -0.05) is 33.8 Å². The molecule has 1 unspecified atom stereocenters. The van der Waals surface area contributed by atoms with Crippen LogP contribution in [0.15, 0.2) is 42.5 Å². The second-order valence-corrected chi connectivity index (χ2v) is 9.31. The summed E-state index contributed by atoms with van der Waals surface area (Å²) < 4.78 is 13.8. The van der Waals surface area contributed by atoms with Gasteiger partial charge in [-0.3, -0.25) is 9.59 Å². The lowest BCUT2D eigenvalue weighted by atomic mass is 10.0. The third kappa shape index (κ3) is 6.81. The monoisotopic (exact) mass is 441 g/mol. The maximum absolute atomic E-state index is 13.8. The van der Waals surface area contributed by atoms with Crippen LogP contribution in [0.4, 0.5) is 15.8 Å². The van der Waals surface area contributed by atoms with Crippen molar-refractivity contribution in [2.24, 2.45) is 11.8 Å².